The molecule has 4 nitrogen and oxygen atoms in total. The number of para-hydroxylation sites is 2. The number of hydrogen-bond donors (Lipinski definition) is 0. The molecule has 3 rings (SSSR count). The van der Waals surface area contributed by atoms with E-state index in [1.54, 1.807) is 0 Å². The van der Waals surface area contributed by atoms with Gasteiger partial charge in [-0.15, -0.1) is 0 Å². The minimum atomic E-state index is -4.85. The maximum Gasteiger partial charge on any atom is 2.00 e. The van der Waals surface area contributed by atoms with Crippen molar-refractivity contribution in [2.45, 2.75) is 40.0 Å². The molecule has 0 amide bonds. The van der Waals surface area contributed by atoms with E-state index in [1.807, 2.05) is 0 Å². The van der Waals surface area contributed by atoms with Gasteiger partial charge >= 0.3 is 29.1 Å². The van der Waals surface area contributed by atoms with Gasteiger partial charge in [-0.1, -0.05) is 18.2 Å². The van der Waals surface area contributed by atoms with Gasteiger partial charge < -0.3 is 38.8 Å². The summed E-state index contributed by atoms with van der Waals surface area (Å²) in [7, 11) is 0. The van der Waals surface area contributed by atoms with Crippen LogP contribution in [0.15, 0.2) is 64.6 Å². The Morgan fingerprint density at radius 1 is 0.634 bits per heavy atom. The Hall–Kier alpha value is -2.49. The van der Waals surface area contributed by atoms with Gasteiger partial charge in [0.1, 0.15) is 28.8 Å². The smallest absolute Gasteiger partial charge is 1.00 e. The van der Waals surface area contributed by atoms with Crippen LogP contribution in [0.2, 0.25) is 0 Å². The van der Waals surface area contributed by atoms with Crippen LogP contribution < -0.4 is 34.0 Å². The van der Waals surface area contributed by atoms with Crippen LogP contribution in [0, 0.1) is 11.6 Å². The number of alkyl halides is 6. The normalized spacial score (nSPS) is 11.7. The number of ketones is 1. The van der Waals surface area contributed by atoms with Crippen molar-refractivity contribution in [1.82, 2.24) is 4.98 Å². The second-order valence-electron chi connectivity index (χ2n) is 7.98. The predicted molar refractivity (Wildman–Crippen MR) is 127 cm³/mol. The van der Waals surface area contributed by atoms with Crippen LogP contribution in [-0.4, -0.2) is 22.2 Å². The summed E-state index contributed by atoms with van der Waals surface area (Å²) in [6.07, 6.45) is -9.70. The number of nitrogens with zero attached hydrogens (tertiary/aromatic N) is 3. The zero-order chi connectivity index (χ0) is 28.8. The molecule has 0 N–H and O–H groups in total. The van der Waals surface area contributed by atoms with E-state index < -0.39 is 46.5 Å². The number of hydrogen-bond acceptors (Lipinski definition) is 4. The third-order valence-electron chi connectivity index (χ3n) is 4.63. The van der Waals surface area contributed by atoms with E-state index in [1.165, 1.54) is 45.9 Å². The molecule has 2 aromatic carbocycles. The van der Waals surface area contributed by atoms with E-state index in [4.69, 9.17) is 0 Å². The number of pyridine rings is 1. The number of Topliss-reactive ketones (excluding diaryl/α,β-unsaturated/α-hetero) is 1. The molecular weight excluding hydrogens is 741 g/mol. The third kappa shape index (κ3) is 11.7. The average molecular weight is 762 g/mol. The molecule has 0 aliphatic carbocycles. The molecule has 0 saturated carbocycles. The number of carbonyl (C=O) groups excluding carboxylic acids is 1. The first-order valence-corrected chi connectivity index (χ1v) is 10.8. The summed E-state index contributed by atoms with van der Waals surface area (Å²) in [6, 6.07) is 8.98. The maximum atomic E-state index is 14.1. The van der Waals surface area contributed by atoms with Crippen molar-refractivity contribution < 1.29 is 90.7 Å². The first-order chi connectivity index (χ1) is 17.5. The fraction of sp³-hybridized carbons (Fsp3) is 0.231. The van der Waals surface area contributed by atoms with Gasteiger partial charge in [0.05, 0.1) is 33.9 Å². The molecule has 1 radical (unpaired) electrons. The number of rotatable bonds is 4. The molecule has 0 saturated heterocycles. The molecule has 0 unspecified atom stereocenters. The van der Waals surface area contributed by atoms with Crippen LogP contribution in [0.25, 0.3) is 0 Å². The minimum absolute atomic E-state index is 0. The Bertz CT molecular complexity index is 1300. The minimum Gasteiger partial charge on any atom is -1.00 e. The fourth-order valence-electron chi connectivity index (χ4n) is 3.00. The van der Waals surface area contributed by atoms with Crippen LogP contribution >= 0.6 is 0 Å². The summed E-state index contributed by atoms with van der Waals surface area (Å²) < 4.78 is 108. The monoisotopic (exact) mass is 760 g/mol. The van der Waals surface area contributed by atoms with Crippen LogP contribution in [0.5, 0.6) is 0 Å². The first-order valence-electron chi connectivity index (χ1n) is 10.8. The van der Waals surface area contributed by atoms with E-state index in [-0.39, 0.29) is 79.3 Å². The molecular formula is C26H21Br2CoF8N3O. The van der Waals surface area contributed by atoms with Gasteiger partial charge in [-0.2, -0.15) is 26.3 Å². The summed E-state index contributed by atoms with van der Waals surface area (Å²) in [6.45, 7) is 5.65. The Kier molecular flexibility index (Phi) is 16.7. The van der Waals surface area contributed by atoms with Gasteiger partial charge in [0, 0.05) is 0 Å². The van der Waals surface area contributed by atoms with Crippen molar-refractivity contribution in [1.29, 1.82) is 0 Å². The molecule has 225 valence electrons. The van der Waals surface area contributed by atoms with E-state index in [0.717, 1.165) is 24.3 Å². The summed E-state index contributed by atoms with van der Waals surface area (Å²) in [4.78, 5) is 21.1. The second kappa shape index (κ2) is 16.8. The third-order valence-corrected chi connectivity index (χ3v) is 4.63. The van der Waals surface area contributed by atoms with Crippen molar-refractivity contribution >= 4 is 28.6 Å². The number of halogens is 10. The number of carbonyl (C=O) groups is 1. The van der Waals surface area contributed by atoms with Gasteiger partial charge in [-0.25, -0.2) is 23.7 Å². The summed E-state index contributed by atoms with van der Waals surface area (Å²) in [5.41, 5.74) is -4.54. The van der Waals surface area contributed by atoms with E-state index in [2.05, 4.69) is 15.0 Å². The zero-order valence-electron chi connectivity index (χ0n) is 21.6. The average Bonchev–Trinajstić information content (AvgIpc) is 2.79. The molecule has 3 aromatic rings. The maximum absolute atomic E-state index is 14.1. The van der Waals surface area contributed by atoms with Crippen LogP contribution in [0.3, 0.4) is 0 Å². The molecule has 1 heterocycles. The fourth-order valence-corrected chi connectivity index (χ4v) is 3.00. The van der Waals surface area contributed by atoms with Gasteiger partial charge in [-0.05, 0) is 64.1 Å². The molecule has 1 aromatic heterocycles. The van der Waals surface area contributed by atoms with Crippen LogP contribution in [0.4, 0.5) is 46.5 Å². The van der Waals surface area contributed by atoms with Gasteiger partial charge in [0.2, 0.25) is 0 Å². The Morgan fingerprint density at radius 3 is 1.22 bits per heavy atom. The summed E-state index contributed by atoms with van der Waals surface area (Å²) >= 11 is 0. The quantitative estimate of drug-likeness (QED) is 0.303. The van der Waals surface area contributed by atoms with Crippen molar-refractivity contribution in [2.75, 3.05) is 0 Å². The molecule has 0 atom stereocenters. The number of benzene rings is 2. The van der Waals surface area contributed by atoms with Crippen LogP contribution in [-0.2, 0) is 33.9 Å². The predicted octanol–water partition coefficient (Wildman–Crippen LogP) is 2.28. The second-order valence-corrected chi connectivity index (χ2v) is 7.98. The zero-order valence-corrected chi connectivity index (χ0v) is 25.8. The van der Waals surface area contributed by atoms with E-state index in [9.17, 15) is 39.9 Å². The molecule has 0 aliphatic rings. The topological polar surface area (TPSA) is 54.7 Å². The Morgan fingerprint density at radius 2 is 0.927 bits per heavy atom. The molecule has 41 heavy (non-hydrogen) atoms. The SMILES string of the molecule is CC(=Nc1c(F)cccc1C(F)(F)F)c1cccc(C(C)=Nc2c(F)cccc2C(F)(F)F)n1.CC(C)=O.[Br-].[Br-].[Co+2]. The van der Waals surface area contributed by atoms with Gasteiger partial charge in [0.25, 0.3) is 0 Å². The molecule has 0 fully saturated rings. The van der Waals surface area contributed by atoms with Gasteiger partial charge in [0.15, 0.2) is 0 Å². The molecule has 0 spiro atoms. The Balaban J connectivity index is 0. The van der Waals surface area contributed by atoms with E-state index >= 15 is 0 Å². The molecule has 0 aliphatic heterocycles. The van der Waals surface area contributed by atoms with Gasteiger partial charge in [-0.3, -0.25) is 0 Å². The molecule has 15 heteroatoms. The standard InChI is InChI=1S/C23H15F8N3.C3H6O.2BrH.Co/c1-12(32-20-14(22(26,27)28)6-3-8-16(20)24)18-10-5-11-19(34-18)13(2)33-21-15(23(29,30)31)7-4-9-17(21)25;1-3(2)4;;;/h3-11H,1-2H3;1-2H3;2*1H;/q;;;;+2/p-2. The van der Waals surface area contributed by atoms with Crippen molar-refractivity contribution in [3.05, 3.63) is 88.7 Å². The summed E-state index contributed by atoms with van der Waals surface area (Å²) in [5.74, 6) is -2.22. The number of aliphatic imine (C=N–C) groups is 2. The summed E-state index contributed by atoms with van der Waals surface area (Å²) in [5, 5.41) is 0. The largest absolute Gasteiger partial charge is 2.00 e. The van der Waals surface area contributed by atoms with Crippen molar-refractivity contribution in [2.24, 2.45) is 9.98 Å². The number of aromatic nitrogens is 1. The van der Waals surface area contributed by atoms with Crippen molar-refractivity contribution in [3.8, 4) is 0 Å². The molecule has 0 bridgehead atoms. The van der Waals surface area contributed by atoms with Crippen LogP contribution in [0.1, 0.15) is 50.2 Å². The van der Waals surface area contributed by atoms with Crippen molar-refractivity contribution in [3.63, 3.8) is 0 Å². The Labute approximate surface area is 262 Å². The first kappa shape index (κ1) is 40.6. The van der Waals surface area contributed by atoms with E-state index in [0.29, 0.717) is 12.1 Å².